The molecule has 0 bridgehead atoms. The number of benzene rings is 2. The van der Waals surface area contributed by atoms with Crippen molar-refractivity contribution >= 4 is 41.1 Å². The zero-order valence-corrected chi connectivity index (χ0v) is 19.2. The third kappa shape index (κ3) is 9.40. The highest BCUT2D eigenvalue weighted by atomic mass is 32.1. The van der Waals surface area contributed by atoms with E-state index in [1.165, 1.54) is 20.3 Å². The van der Waals surface area contributed by atoms with Crippen LogP contribution in [0.5, 0.6) is 11.5 Å². The fourth-order valence-corrected chi connectivity index (χ4v) is 2.77. The molecule has 0 aliphatic rings. The maximum Gasteiger partial charge on any atom is 0.250 e. The molecule has 2 aromatic rings. The fraction of sp³-hybridized carbons (Fsp3) is 0.217. The van der Waals surface area contributed by atoms with E-state index in [-0.39, 0.29) is 23.9 Å². The van der Waals surface area contributed by atoms with Gasteiger partial charge in [-0.1, -0.05) is 36.4 Å². The van der Waals surface area contributed by atoms with Crippen LogP contribution >= 0.6 is 12.2 Å². The Morgan fingerprint density at radius 2 is 1.61 bits per heavy atom. The lowest BCUT2D eigenvalue weighted by molar-refractivity contribution is -0.126. The molecule has 9 nitrogen and oxygen atoms in total. The third-order valence-electron chi connectivity index (χ3n) is 4.30. The van der Waals surface area contributed by atoms with Crippen LogP contribution in [0.25, 0.3) is 6.08 Å². The van der Waals surface area contributed by atoms with Gasteiger partial charge in [-0.2, -0.15) is 0 Å². The normalized spacial score (nSPS) is 10.2. The first-order chi connectivity index (χ1) is 15.9. The molecule has 0 saturated carbocycles. The minimum Gasteiger partial charge on any atom is -0.493 e. The van der Waals surface area contributed by atoms with E-state index >= 15 is 0 Å². The van der Waals surface area contributed by atoms with E-state index in [1.54, 1.807) is 24.3 Å². The summed E-state index contributed by atoms with van der Waals surface area (Å²) < 4.78 is 10.4. The van der Waals surface area contributed by atoms with Crippen LogP contribution in [0.15, 0.2) is 54.6 Å². The Balaban J connectivity index is 1.67. The summed E-state index contributed by atoms with van der Waals surface area (Å²) in [7, 11) is 3.06. The number of carbonyl (C=O) groups excluding carboxylic acids is 3. The van der Waals surface area contributed by atoms with Crippen molar-refractivity contribution in [1.29, 1.82) is 0 Å². The van der Waals surface area contributed by atoms with Crippen molar-refractivity contribution in [1.82, 2.24) is 21.5 Å². The maximum atomic E-state index is 12.0. The van der Waals surface area contributed by atoms with Gasteiger partial charge in [0.2, 0.25) is 17.7 Å². The van der Waals surface area contributed by atoms with Crippen LogP contribution in [0.3, 0.4) is 0 Å². The standard InChI is InChI=1S/C23H26N4O5S/c1-31-18-10-8-16(14-19(18)32-2)9-11-21(29)25-23(33)27-26-22(30)13-12-20(28)24-15-17-6-4-3-5-7-17/h3-11,14H,12-13,15H2,1-2H3,(H,24,28)(H,26,30)(H2,25,27,29,33). The van der Waals surface area contributed by atoms with Gasteiger partial charge in [0, 0.05) is 25.5 Å². The summed E-state index contributed by atoms with van der Waals surface area (Å²) >= 11 is 4.98. The predicted octanol–water partition coefficient (Wildman–Crippen LogP) is 1.84. The molecule has 0 aliphatic carbocycles. The Labute approximate surface area is 197 Å². The van der Waals surface area contributed by atoms with E-state index in [0.29, 0.717) is 18.0 Å². The summed E-state index contributed by atoms with van der Waals surface area (Å²) in [5, 5.41) is 5.06. The van der Waals surface area contributed by atoms with Crippen molar-refractivity contribution in [2.75, 3.05) is 14.2 Å². The summed E-state index contributed by atoms with van der Waals surface area (Å²) in [6.07, 6.45) is 2.84. The highest BCUT2D eigenvalue weighted by Gasteiger charge is 2.08. The molecule has 0 radical (unpaired) electrons. The van der Waals surface area contributed by atoms with Crippen molar-refractivity contribution in [3.05, 3.63) is 65.7 Å². The second-order valence-corrected chi connectivity index (χ2v) is 7.11. The number of amides is 3. The smallest absolute Gasteiger partial charge is 0.250 e. The van der Waals surface area contributed by atoms with E-state index in [2.05, 4.69) is 21.5 Å². The number of carbonyl (C=O) groups is 3. The average Bonchev–Trinajstić information content (AvgIpc) is 2.84. The summed E-state index contributed by atoms with van der Waals surface area (Å²) in [5.74, 6) is -0.0630. The average molecular weight is 471 g/mol. The van der Waals surface area contributed by atoms with Crippen LogP contribution in [0.1, 0.15) is 24.0 Å². The molecule has 174 valence electrons. The molecule has 4 N–H and O–H groups in total. The molecule has 0 atom stereocenters. The first kappa shape index (κ1) is 25.3. The van der Waals surface area contributed by atoms with Gasteiger partial charge in [-0.15, -0.1) is 0 Å². The van der Waals surface area contributed by atoms with Gasteiger partial charge in [0.1, 0.15) is 0 Å². The molecular formula is C23H26N4O5S. The molecule has 0 aromatic heterocycles. The Kier molecular flexibility index (Phi) is 10.4. The summed E-state index contributed by atoms with van der Waals surface area (Å²) in [5.41, 5.74) is 6.46. The Bertz CT molecular complexity index is 1010. The number of thiocarbonyl (C=S) groups is 1. The van der Waals surface area contributed by atoms with E-state index in [1.807, 2.05) is 30.3 Å². The molecule has 0 spiro atoms. The van der Waals surface area contributed by atoms with Crippen molar-refractivity contribution in [2.24, 2.45) is 0 Å². The molecule has 3 amide bonds. The van der Waals surface area contributed by atoms with E-state index in [4.69, 9.17) is 21.7 Å². The predicted molar refractivity (Wildman–Crippen MR) is 128 cm³/mol. The van der Waals surface area contributed by atoms with Crippen LogP contribution < -0.4 is 31.0 Å². The van der Waals surface area contributed by atoms with Gasteiger partial charge in [-0.3, -0.25) is 30.6 Å². The number of ether oxygens (including phenoxy) is 2. The molecule has 0 saturated heterocycles. The van der Waals surface area contributed by atoms with Gasteiger partial charge in [0.05, 0.1) is 14.2 Å². The lowest BCUT2D eigenvalue weighted by Crippen LogP contribution is -2.48. The van der Waals surface area contributed by atoms with E-state index in [0.717, 1.165) is 11.1 Å². The lowest BCUT2D eigenvalue weighted by atomic mass is 10.2. The largest absolute Gasteiger partial charge is 0.493 e. The van der Waals surface area contributed by atoms with Gasteiger partial charge < -0.3 is 14.8 Å². The van der Waals surface area contributed by atoms with Crippen molar-refractivity contribution in [2.45, 2.75) is 19.4 Å². The second-order valence-electron chi connectivity index (χ2n) is 6.70. The van der Waals surface area contributed by atoms with Crippen LogP contribution in [-0.4, -0.2) is 37.1 Å². The Hall–Kier alpha value is -3.92. The maximum absolute atomic E-state index is 12.0. The van der Waals surface area contributed by atoms with Gasteiger partial charge >= 0.3 is 0 Å². The highest BCUT2D eigenvalue weighted by molar-refractivity contribution is 7.80. The number of hydrazine groups is 1. The molecule has 0 fully saturated rings. The number of hydrogen-bond donors (Lipinski definition) is 4. The summed E-state index contributed by atoms with van der Waals surface area (Å²) in [6, 6.07) is 14.7. The highest BCUT2D eigenvalue weighted by Crippen LogP contribution is 2.27. The van der Waals surface area contributed by atoms with Gasteiger partial charge in [-0.05, 0) is 41.6 Å². The summed E-state index contributed by atoms with van der Waals surface area (Å²) in [4.78, 5) is 35.7. The first-order valence-corrected chi connectivity index (χ1v) is 10.4. The molecule has 10 heteroatoms. The first-order valence-electron chi connectivity index (χ1n) is 10.0. The molecule has 0 heterocycles. The SMILES string of the molecule is COc1ccc(C=CC(=O)NC(=S)NNC(=O)CCC(=O)NCc2ccccc2)cc1OC. The van der Waals surface area contributed by atoms with Crippen LogP contribution in [0.2, 0.25) is 0 Å². The minimum absolute atomic E-state index is 0.0214. The molecular weight excluding hydrogens is 444 g/mol. The second kappa shape index (κ2) is 13.5. The van der Waals surface area contributed by atoms with Crippen LogP contribution in [0.4, 0.5) is 0 Å². The third-order valence-corrected chi connectivity index (χ3v) is 4.50. The van der Waals surface area contributed by atoms with Crippen LogP contribution in [0, 0.1) is 0 Å². The van der Waals surface area contributed by atoms with E-state index in [9.17, 15) is 14.4 Å². The molecule has 0 aliphatic heterocycles. The fourth-order valence-electron chi connectivity index (χ4n) is 2.61. The molecule has 33 heavy (non-hydrogen) atoms. The van der Waals surface area contributed by atoms with Gasteiger partial charge in [0.15, 0.2) is 16.6 Å². The van der Waals surface area contributed by atoms with Gasteiger partial charge in [0.25, 0.3) is 0 Å². The van der Waals surface area contributed by atoms with Crippen molar-refractivity contribution in [3.63, 3.8) is 0 Å². The number of rotatable bonds is 9. The lowest BCUT2D eigenvalue weighted by Gasteiger charge is -2.10. The topological polar surface area (TPSA) is 118 Å². The summed E-state index contributed by atoms with van der Waals surface area (Å²) in [6.45, 7) is 0.395. The Morgan fingerprint density at radius 3 is 2.30 bits per heavy atom. The molecule has 2 aromatic carbocycles. The molecule has 0 unspecified atom stereocenters. The van der Waals surface area contributed by atoms with Crippen molar-refractivity contribution < 1.29 is 23.9 Å². The number of methoxy groups -OCH3 is 2. The Morgan fingerprint density at radius 1 is 0.909 bits per heavy atom. The van der Waals surface area contributed by atoms with E-state index < -0.39 is 11.8 Å². The zero-order chi connectivity index (χ0) is 24.1. The van der Waals surface area contributed by atoms with Crippen molar-refractivity contribution in [3.8, 4) is 11.5 Å². The quantitative estimate of drug-likeness (QED) is 0.251. The zero-order valence-electron chi connectivity index (χ0n) is 18.3. The molecule has 2 rings (SSSR count). The number of nitrogens with one attached hydrogen (secondary N) is 4. The van der Waals surface area contributed by atoms with Crippen LogP contribution in [-0.2, 0) is 20.9 Å². The minimum atomic E-state index is -0.489. The number of hydrogen-bond acceptors (Lipinski definition) is 6. The monoisotopic (exact) mass is 470 g/mol. The van der Waals surface area contributed by atoms with Gasteiger partial charge in [-0.25, -0.2) is 0 Å².